The standard InChI is InChI=1S/C9H12IN3O.C7H8ClN3O2.C7H10ClN3.C7H10IN3.C7H9N3O3.C7H12N2O4.C4H7NO4/c1-5(2)9-11-4-7(8(10)13-9)12-6(3)14;1-4(2)7-9-3-5(11(12)13)6(8)10-7;2*1-4(2)7-10-3-5(9)6(8)11-7;1-4(2)6-8-3-5(10(12)13)7(11)9-6;1-4-13-7(10)6(9(11)12)5-8(2)3;1-2-9-4(6)3-5(7)8/h4-5H,1-3H3,(H,12,14);3-4H,1-2H3;2*3-4H,9H2,1-2H3;3-4H,1-2H3,(H,8,9,11);5H,4H2,1-3H3;2-3H2,1H3/b;;;;;6-5-;. The van der Waals surface area contributed by atoms with Gasteiger partial charge in [-0.05, 0) is 59.0 Å². The molecule has 5 aromatic rings. The van der Waals surface area contributed by atoms with Crippen molar-refractivity contribution in [2.24, 2.45) is 0 Å². The Balaban J connectivity index is 0. The number of hydrogen-bond acceptors (Lipinski definition) is 26. The van der Waals surface area contributed by atoms with Crippen LogP contribution in [-0.4, -0.2) is 126 Å². The zero-order valence-corrected chi connectivity index (χ0v) is 54.4. The Labute approximate surface area is 520 Å². The molecule has 5 heterocycles. The normalized spacial score (nSPS) is 10.3. The number of halogens is 4. The second-order valence-electron chi connectivity index (χ2n) is 18.0. The molecule has 6 N–H and O–H groups in total. The zero-order valence-electron chi connectivity index (χ0n) is 48.6. The number of nitrogen functional groups attached to an aromatic ring is 2. The number of nitrogens with zero attached hydrogens (tertiary/aromatic N) is 14. The van der Waals surface area contributed by atoms with Crippen LogP contribution in [0.2, 0.25) is 10.3 Å². The third-order valence-corrected chi connectivity index (χ3v) is 11.1. The van der Waals surface area contributed by atoms with E-state index < -0.39 is 55.1 Å². The summed E-state index contributed by atoms with van der Waals surface area (Å²) in [5.41, 5.74) is 10.7. The van der Waals surface area contributed by atoms with Crippen LogP contribution >= 0.6 is 68.4 Å². The summed E-state index contributed by atoms with van der Waals surface area (Å²) in [5, 5.41) is 43.4. The van der Waals surface area contributed by atoms with Gasteiger partial charge in [0.05, 0.1) is 69.8 Å². The molecule has 84 heavy (non-hydrogen) atoms. The smallest absolute Gasteiger partial charge is 0.411 e. The average Bonchev–Trinajstić information content (AvgIpc) is 3.56. The van der Waals surface area contributed by atoms with E-state index in [1.165, 1.54) is 18.0 Å². The van der Waals surface area contributed by atoms with Crippen LogP contribution in [0.15, 0.2) is 47.7 Å². The van der Waals surface area contributed by atoms with E-state index in [0.717, 1.165) is 43.5 Å². The van der Waals surface area contributed by atoms with Crippen molar-refractivity contribution < 1.29 is 43.6 Å². The minimum absolute atomic E-state index is 0.0495. The molecule has 0 aliphatic heterocycles. The number of carbonyl (C=O) groups excluding carboxylic acids is 3. The number of H-pyrrole nitrogens is 1. The Morgan fingerprint density at radius 2 is 1.08 bits per heavy atom. The van der Waals surface area contributed by atoms with Gasteiger partial charge in [-0.3, -0.25) is 50.0 Å². The van der Waals surface area contributed by atoms with Gasteiger partial charge >= 0.3 is 34.6 Å². The highest BCUT2D eigenvalue weighted by atomic mass is 127. The molecular weight excluding hydrogens is 1380 g/mol. The molecule has 36 heteroatoms. The lowest BCUT2D eigenvalue weighted by atomic mass is 10.2. The van der Waals surface area contributed by atoms with Crippen molar-refractivity contribution in [3.05, 3.63) is 141 Å². The highest BCUT2D eigenvalue weighted by molar-refractivity contribution is 14.1. The van der Waals surface area contributed by atoms with Gasteiger partial charge in [-0.25, -0.2) is 54.4 Å². The lowest BCUT2D eigenvalue weighted by Crippen LogP contribution is -2.18. The number of nitro groups is 4. The molecular formula is C48H68Cl2I2N18O14. The van der Waals surface area contributed by atoms with E-state index in [2.05, 4.69) is 124 Å². The Kier molecular flexibility index (Phi) is 37.9. The largest absolute Gasteiger partial charge is 0.461 e. The van der Waals surface area contributed by atoms with Crippen molar-refractivity contribution in [2.45, 2.75) is 120 Å². The molecule has 462 valence electrons. The van der Waals surface area contributed by atoms with Crippen molar-refractivity contribution in [1.82, 2.24) is 54.7 Å². The van der Waals surface area contributed by atoms with Crippen LogP contribution in [0, 0.1) is 47.9 Å². The van der Waals surface area contributed by atoms with Gasteiger partial charge in [0.15, 0.2) is 5.15 Å². The Morgan fingerprint density at radius 3 is 1.44 bits per heavy atom. The van der Waals surface area contributed by atoms with Crippen LogP contribution in [0.5, 0.6) is 0 Å². The molecule has 0 saturated heterocycles. The van der Waals surface area contributed by atoms with Crippen LogP contribution < -0.4 is 22.3 Å². The summed E-state index contributed by atoms with van der Waals surface area (Å²) in [5.74, 6) is 2.63. The van der Waals surface area contributed by atoms with Gasteiger partial charge in [0.1, 0.15) is 48.9 Å². The molecule has 32 nitrogen and oxygen atoms in total. The fraction of sp³-hybridized carbons (Fsp3) is 0.479. The highest BCUT2D eigenvalue weighted by Gasteiger charge is 2.23. The monoisotopic (exact) mass is 1440 g/mol. The van der Waals surface area contributed by atoms with Crippen molar-refractivity contribution >= 4 is 115 Å². The van der Waals surface area contributed by atoms with Crippen LogP contribution in [0.25, 0.3) is 0 Å². The van der Waals surface area contributed by atoms with Crippen molar-refractivity contribution in [2.75, 3.05) is 50.6 Å². The van der Waals surface area contributed by atoms with Crippen LogP contribution in [0.3, 0.4) is 0 Å². The van der Waals surface area contributed by atoms with Gasteiger partial charge in [0.2, 0.25) is 11.1 Å². The molecule has 0 fully saturated rings. The second kappa shape index (κ2) is 40.6. The number of carbonyl (C=O) groups is 3. The molecule has 0 radical (unpaired) electrons. The maximum absolute atomic E-state index is 11.0. The van der Waals surface area contributed by atoms with E-state index in [4.69, 9.17) is 34.7 Å². The van der Waals surface area contributed by atoms with E-state index >= 15 is 0 Å². The number of anilines is 3. The molecule has 0 aliphatic rings. The molecule has 0 unspecified atom stereocenters. The second-order valence-corrected chi connectivity index (χ2v) is 20.7. The first-order valence-corrected chi connectivity index (χ1v) is 27.6. The Hall–Kier alpha value is -7.61. The van der Waals surface area contributed by atoms with Gasteiger partial charge in [-0.15, -0.1) is 0 Å². The number of aromatic amines is 1. The van der Waals surface area contributed by atoms with Gasteiger partial charge in [0, 0.05) is 55.5 Å². The number of nitrogens with one attached hydrogen (secondary N) is 2. The number of nitrogens with two attached hydrogens (primary N) is 2. The first-order chi connectivity index (χ1) is 38.9. The molecule has 0 aliphatic carbocycles. The first kappa shape index (κ1) is 78.5. The van der Waals surface area contributed by atoms with Crippen molar-refractivity contribution in [1.29, 1.82) is 0 Å². The van der Waals surface area contributed by atoms with Crippen LogP contribution in [-0.2, 0) is 23.9 Å². The van der Waals surface area contributed by atoms with E-state index in [0.29, 0.717) is 45.7 Å². The third kappa shape index (κ3) is 32.3. The van der Waals surface area contributed by atoms with Crippen LogP contribution in [0.4, 0.5) is 28.4 Å². The lowest BCUT2D eigenvalue weighted by molar-refractivity contribution is -0.470. The molecule has 5 rings (SSSR count). The van der Waals surface area contributed by atoms with Crippen molar-refractivity contribution in [3.8, 4) is 0 Å². The number of ether oxygens (including phenoxy) is 2. The van der Waals surface area contributed by atoms with Crippen LogP contribution in [0.1, 0.15) is 149 Å². The fourth-order valence-electron chi connectivity index (χ4n) is 4.78. The number of rotatable bonds is 15. The summed E-state index contributed by atoms with van der Waals surface area (Å²) in [6.45, 7) is 23.8. The molecule has 5 aromatic heterocycles. The summed E-state index contributed by atoms with van der Waals surface area (Å²) in [7, 11) is 3.17. The first-order valence-electron chi connectivity index (χ1n) is 24.7. The Morgan fingerprint density at radius 1 is 0.655 bits per heavy atom. The van der Waals surface area contributed by atoms with E-state index in [1.54, 1.807) is 40.3 Å². The lowest BCUT2D eigenvalue weighted by Gasteiger charge is -2.07. The molecule has 0 bridgehead atoms. The summed E-state index contributed by atoms with van der Waals surface area (Å²) in [6, 6.07) is 0. The van der Waals surface area contributed by atoms with E-state index in [9.17, 15) is 59.6 Å². The minimum Gasteiger partial charge on any atom is -0.461 e. The minimum atomic E-state index is -0.916. The summed E-state index contributed by atoms with van der Waals surface area (Å²) in [4.78, 5) is 121. The number of esters is 2. The highest BCUT2D eigenvalue weighted by Crippen LogP contribution is 2.23. The zero-order chi connectivity index (χ0) is 65.3. The maximum atomic E-state index is 11.0. The fourth-order valence-corrected chi connectivity index (χ4v) is 6.02. The SMILES string of the molecule is CC(=O)Nc1cnc(C(C)C)nc1I.CC(C)c1ncc(N)c(Cl)n1.CC(C)c1ncc(N)c(I)n1.CC(C)c1ncc([N+](=O)[O-])c(=O)[nH]1.CC(C)c1ncc([N+](=O)[O-])c(Cl)n1.CCOC(=O)/C(=C/N(C)C)[N+](=O)[O-].CCOC(=O)C[N+](=O)[O-]. The number of hydrogen-bond donors (Lipinski definition) is 4. The molecule has 0 atom stereocenters. The molecule has 0 saturated carbocycles. The summed E-state index contributed by atoms with van der Waals surface area (Å²) in [6.07, 6.45) is 8.05. The van der Waals surface area contributed by atoms with E-state index in [-0.39, 0.29) is 47.7 Å². The van der Waals surface area contributed by atoms with Gasteiger partial charge in [0.25, 0.3) is 6.54 Å². The predicted molar refractivity (Wildman–Crippen MR) is 329 cm³/mol. The molecule has 0 spiro atoms. The number of aromatic nitrogens is 10. The topological polar surface area (TPSA) is 458 Å². The average molecular weight is 1450 g/mol. The number of amides is 1. The van der Waals surface area contributed by atoms with Crippen molar-refractivity contribution in [3.63, 3.8) is 0 Å². The summed E-state index contributed by atoms with van der Waals surface area (Å²) >= 11 is 15.5. The Bertz CT molecular complexity index is 3030. The van der Waals surface area contributed by atoms with Gasteiger partial charge < -0.3 is 36.1 Å². The third-order valence-electron chi connectivity index (χ3n) is 8.82. The van der Waals surface area contributed by atoms with Gasteiger partial charge in [-0.2, -0.15) is 0 Å². The quantitative estimate of drug-likeness (QED) is 0.0190. The van der Waals surface area contributed by atoms with E-state index in [1.807, 2.05) is 55.4 Å². The molecule has 0 aromatic carbocycles. The maximum Gasteiger partial charge on any atom is 0.411 e. The predicted octanol–water partition coefficient (Wildman–Crippen LogP) is 8.80. The molecule has 1 amide bonds. The summed E-state index contributed by atoms with van der Waals surface area (Å²) < 4.78 is 10.4. The van der Waals surface area contributed by atoms with Gasteiger partial charge in [-0.1, -0.05) is 92.4 Å².